The molecule has 1 aromatic carbocycles. The molecule has 0 bridgehead atoms. The Balaban J connectivity index is 2.00. The highest BCUT2D eigenvalue weighted by Crippen LogP contribution is 2.23. The predicted molar refractivity (Wildman–Crippen MR) is 107 cm³/mol. The summed E-state index contributed by atoms with van der Waals surface area (Å²) in [5, 5.41) is 16.7. The van der Waals surface area contributed by atoms with Crippen LogP contribution in [0.4, 0.5) is 0 Å². The fraction of sp³-hybridized carbons (Fsp3) is 0.476. The van der Waals surface area contributed by atoms with Crippen LogP contribution in [0.5, 0.6) is 5.75 Å². The Kier molecular flexibility index (Phi) is 7.20. The number of aryl methyl sites for hydroxylation is 2. The quantitative estimate of drug-likeness (QED) is 0.690. The van der Waals surface area contributed by atoms with Gasteiger partial charge < -0.3 is 15.2 Å². The fourth-order valence-electron chi connectivity index (χ4n) is 3.34. The zero-order valence-electron chi connectivity index (χ0n) is 17.2. The maximum atomic E-state index is 12.6. The molecule has 2 unspecified atom stereocenters. The minimum atomic E-state index is -0.935. The van der Waals surface area contributed by atoms with Crippen molar-refractivity contribution in [3.8, 4) is 5.75 Å². The molecule has 2 aromatic rings. The summed E-state index contributed by atoms with van der Waals surface area (Å²) in [7, 11) is 1.84. The van der Waals surface area contributed by atoms with Gasteiger partial charge in [0.05, 0.1) is 24.1 Å². The van der Waals surface area contributed by atoms with E-state index in [1.807, 2.05) is 59.0 Å². The molecule has 2 N–H and O–H groups in total. The Morgan fingerprint density at radius 1 is 1.25 bits per heavy atom. The first-order chi connectivity index (χ1) is 13.2. The van der Waals surface area contributed by atoms with Crippen LogP contribution in [0.3, 0.4) is 0 Å². The van der Waals surface area contributed by atoms with E-state index in [2.05, 4.69) is 10.4 Å². The van der Waals surface area contributed by atoms with Gasteiger partial charge in [-0.3, -0.25) is 14.3 Å². The number of amides is 1. The summed E-state index contributed by atoms with van der Waals surface area (Å²) >= 11 is 0. The third kappa shape index (κ3) is 5.12. The molecular formula is C21H29N3O4. The van der Waals surface area contributed by atoms with Crippen molar-refractivity contribution in [2.75, 3.05) is 13.2 Å². The number of carboxylic acid groups (broad SMARTS) is 1. The maximum Gasteiger partial charge on any atom is 0.308 e. The summed E-state index contributed by atoms with van der Waals surface area (Å²) in [6.45, 7) is 8.17. The van der Waals surface area contributed by atoms with Crippen LogP contribution in [-0.2, 0) is 23.1 Å². The molecule has 0 aliphatic carbocycles. The third-order valence-electron chi connectivity index (χ3n) is 4.98. The van der Waals surface area contributed by atoms with Gasteiger partial charge in [-0.05, 0) is 51.8 Å². The Bertz CT molecular complexity index is 827. The van der Waals surface area contributed by atoms with Gasteiger partial charge in [-0.2, -0.15) is 5.10 Å². The number of aromatic nitrogens is 2. The van der Waals surface area contributed by atoms with Crippen molar-refractivity contribution in [3.63, 3.8) is 0 Å². The van der Waals surface area contributed by atoms with Gasteiger partial charge in [-0.25, -0.2) is 0 Å². The molecule has 0 fully saturated rings. The van der Waals surface area contributed by atoms with E-state index in [1.54, 1.807) is 4.68 Å². The van der Waals surface area contributed by atoms with E-state index >= 15 is 0 Å². The van der Waals surface area contributed by atoms with Gasteiger partial charge in [-0.1, -0.05) is 12.1 Å². The molecule has 0 spiro atoms. The molecule has 0 aliphatic rings. The monoisotopic (exact) mass is 387 g/mol. The van der Waals surface area contributed by atoms with Gasteiger partial charge in [0.1, 0.15) is 5.75 Å². The second-order valence-electron chi connectivity index (χ2n) is 6.99. The molecule has 0 aliphatic heterocycles. The van der Waals surface area contributed by atoms with Crippen molar-refractivity contribution in [1.82, 2.24) is 15.1 Å². The molecule has 0 saturated carbocycles. The summed E-state index contributed by atoms with van der Waals surface area (Å²) < 4.78 is 7.15. The van der Waals surface area contributed by atoms with E-state index in [-0.39, 0.29) is 12.5 Å². The molecule has 1 amide bonds. The number of hydrogen-bond acceptors (Lipinski definition) is 4. The number of benzene rings is 1. The molecule has 152 valence electrons. The number of nitrogens with zero attached hydrogens (tertiary/aromatic N) is 2. The summed E-state index contributed by atoms with van der Waals surface area (Å²) in [6.07, 6.45) is 0.335. The molecule has 0 radical (unpaired) electrons. The van der Waals surface area contributed by atoms with E-state index in [0.717, 1.165) is 28.3 Å². The number of rotatable bonds is 9. The Morgan fingerprint density at radius 3 is 2.39 bits per heavy atom. The summed E-state index contributed by atoms with van der Waals surface area (Å²) in [5.41, 5.74) is 3.52. The molecule has 2 atom stereocenters. The van der Waals surface area contributed by atoms with Crippen LogP contribution in [0.25, 0.3) is 0 Å². The summed E-state index contributed by atoms with van der Waals surface area (Å²) in [5.74, 6) is -1.48. The summed E-state index contributed by atoms with van der Waals surface area (Å²) in [6, 6.07) is 7.36. The second-order valence-corrected chi connectivity index (χ2v) is 6.99. The lowest BCUT2D eigenvalue weighted by atomic mass is 9.96. The predicted octanol–water partition coefficient (Wildman–Crippen LogP) is 2.60. The number of ether oxygens (including phenoxy) is 1. The second kappa shape index (κ2) is 9.39. The maximum absolute atomic E-state index is 12.6. The standard InChI is InChI=1S/C21H29N3O4/c1-6-28-18-9-7-16(8-10-18)11-17(21(26)27)12-22-20(25)13(2)19-14(3)23-24(5)15(19)4/h7-10,13,17H,6,11-12H2,1-5H3,(H,22,25)(H,26,27). The summed E-state index contributed by atoms with van der Waals surface area (Å²) in [4.78, 5) is 24.2. The van der Waals surface area contributed by atoms with Crippen LogP contribution >= 0.6 is 0 Å². The van der Waals surface area contributed by atoms with E-state index in [4.69, 9.17) is 4.74 Å². The van der Waals surface area contributed by atoms with E-state index < -0.39 is 17.8 Å². The molecule has 0 saturated heterocycles. The van der Waals surface area contributed by atoms with Crippen LogP contribution in [-0.4, -0.2) is 39.9 Å². The van der Waals surface area contributed by atoms with E-state index in [0.29, 0.717) is 13.0 Å². The van der Waals surface area contributed by atoms with Gasteiger partial charge in [0.25, 0.3) is 0 Å². The van der Waals surface area contributed by atoms with Crippen LogP contribution in [0, 0.1) is 19.8 Å². The van der Waals surface area contributed by atoms with Gasteiger partial charge in [0, 0.05) is 24.8 Å². The Labute approximate surface area is 165 Å². The minimum absolute atomic E-state index is 0.0735. The largest absolute Gasteiger partial charge is 0.494 e. The zero-order chi connectivity index (χ0) is 20.8. The van der Waals surface area contributed by atoms with Crippen molar-refractivity contribution in [1.29, 1.82) is 0 Å². The number of nitrogens with one attached hydrogen (secondary N) is 1. The van der Waals surface area contributed by atoms with Gasteiger partial charge in [0.2, 0.25) is 5.91 Å². The van der Waals surface area contributed by atoms with Crippen LogP contribution in [0.1, 0.15) is 42.3 Å². The molecule has 1 heterocycles. The van der Waals surface area contributed by atoms with Crippen molar-refractivity contribution in [2.24, 2.45) is 13.0 Å². The highest BCUT2D eigenvalue weighted by Gasteiger charge is 2.25. The van der Waals surface area contributed by atoms with Crippen LogP contribution in [0.2, 0.25) is 0 Å². The van der Waals surface area contributed by atoms with Crippen molar-refractivity contribution < 1.29 is 19.4 Å². The van der Waals surface area contributed by atoms with Crippen molar-refractivity contribution >= 4 is 11.9 Å². The first kappa shape index (κ1) is 21.5. The van der Waals surface area contributed by atoms with E-state index in [1.165, 1.54) is 0 Å². The Morgan fingerprint density at radius 2 is 1.89 bits per heavy atom. The van der Waals surface area contributed by atoms with Gasteiger partial charge in [0.15, 0.2) is 0 Å². The molecule has 28 heavy (non-hydrogen) atoms. The molecule has 7 nitrogen and oxygen atoms in total. The average molecular weight is 387 g/mol. The highest BCUT2D eigenvalue weighted by molar-refractivity contribution is 5.84. The lowest BCUT2D eigenvalue weighted by Gasteiger charge is -2.17. The third-order valence-corrected chi connectivity index (χ3v) is 4.98. The lowest BCUT2D eigenvalue weighted by Crippen LogP contribution is -2.36. The number of carbonyl (C=O) groups excluding carboxylic acids is 1. The van der Waals surface area contributed by atoms with Crippen LogP contribution in [0.15, 0.2) is 24.3 Å². The smallest absolute Gasteiger partial charge is 0.308 e. The number of carboxylic acids is 1. The molecule has 7 heteroatoms. The first-order valence-corrected chi connectivity index (χ1v) is 9.46. The number of aliphatic carboxylic acids is 1. The normalized spacial score (nSPS) is 13.0. The van der Waals surface area contributed by atoms with Crippen molar-refractivity contribution in [2.45, 2.75) is 40.0 Å². The number of carbonyl (C=O) groups is 2. The minimum Gasteiger partial charge on any atom is -0.494 e. The van der Waals surface area contributed by atoms with Gasteiger partial charge in [-0.15, -0.1) is 0 Å². The Hall–Kier alpha value is -2.83. The highest BCUT2D eigenvalue weighted by atomic mass is 16.5. The fourth-order valence-corrected chi connectivity index (χ4v) is 3.34. The number of hydrogen-bond donors (Lipinski definition) is 2. The van der Waals surface area contributed by atoms with Crippen LogP contribution < -0.4 is 10.1 Å². The topological polar surface area (TPSA) is 93.5 Å². The first-order valence-electron chi connectivity index (χ1n) is 9.46. The molecule has 2 rings (SSSR count). The lowest BCUT2D eigenvalue weighted by molar-refractivity contribution is -0.141. The molecular weight excluding hydrogens is 358 g/mol. The molecule has 1 aromatic heterocycles. The SMILES string of the molecule is CCOc1ccc(CC(CNC(=O)C(C)c2c(C)nn(C)c2C)C(=O)O)cc1. The van der Waals surface area contributed by atoms with Gasteiger partial charge >= 0.3 is 5.97 Å². The van der Waals surface area contributed by atoms with E-state index in [9.17, 15) is 14.7 Å². The average Bonchev–Trinajstić information content (AvgIpc) is 2.91. The van der Waals surface area contributed by atoms with Crippen molar-refractivity contribution in [3.05, 3.63) is 46.8 Å². The zero-order valence-corrected chi connectivity index (χ0v) is 17.2.